The first-order valence-electron chi connectivity index (χ1n) is 6.51. The number of carboxylic acid groups (broad SMARTS) is 1. The van der Waals surface area contributed by atoms with E-state index in [0.29, 0.717) is 10.5 Å². The van der Waals surface area contributed by atoms with E-state index in [1.807, 2.05) is 0 Å². The number of hydrogen-bond donors (Lipinski definition) is 0. The summed E-state index contributed by atoms with van der Waals surface area (Å²) >= 11 is 6.16. The molecule has 1 aromatic carbocycles. The summed E-state index contributed by atoms with van der Waals surface area (Å²) in [6.07, 6.45) is 2.57. The van der Waals surface area contributed by atoms with E-state index in [1.54, 1.807) is 37.3 Å². The van der Waals surface area contributed by atoms with Crippen molar-refractivity contribution in [1.29, 1.82) is 0 Å². The van der Waals surface area contributed by atoms with Crippen molar-refractivity contribution < 1.29 is 19.5 Å². The number of carboxylic acids is 1. The monoisotopic (exact) mass is 334 g/mol. The van der Waals surface area contributed by atoms with Crippen molar-refractivity contribution in [3.05, 3.63) is 40.3 Å². The Morgan fingerprint density at radius 2 is 1.95 bits per heavy atom. The number of amides is 1. The Labute approximate surface area is 137 Å². The van der Waals surface area contributed by atoms with E-state index < -0.39 is 17.9 Å². The highest BCUT2D eigenvalue weighted by Gasteiger charge is 2.36. The highest BCUT2D eigenvalue weighted by Crippen LogP contribution is 2.34. The number of aliphatic carboxylic acids is 1. The summed E-state index contributed by atoms with van der Waals surface area (Å²) in [7, 11) is 0. The summed E-state index contributed by atoms with van der Waals surface area (Å²) in [6, 6.07) is 5.61. The normalized spacial score (nSPS) is 17.9. The third-order valence-electron chi connectivity index (χ3n) is 3.16. The SMILES string of the molecule is CC[C@H](C(=O)[O-])N1C(=O)/C(=C/c2ccc(C=O)cc2)SC1=S. The summed E-state index contributed by atoms with van der Waals surface area (Å²) in [5.41, 5.74) is 1.26. The van der Waals surface area contributed by atoms with E-state index in [0.717, 1.165) is 28.5 Å². The molecule has 0 N–H and O–H groups in total. The van der Waals surface area contributed by atoms with Gasteiger partial charge in [-0.25, -0.2) is 0 Å². The van der Waals surface area contributed by atoms with Gasteiger partial charge in [0.2, 0.25) is 0 Å². The van der Waals surface area contributed by atoms with Crippen molar-refractivity contribution in [1.82, 2.24) is 4.90 Å². The number of benzene rings is 1. The van der Waals surface area contributed by atoms with E-state index in [1.165, 1.54) is 0 Å². The quantitative estimate of drug-likeness (QED) is 0.458. The molecule has 7 heteroatoms. The van der Waals surface area contributed by atoms with Crippen LogP contribution in [0.5, 0.6) is 0 Å². The lowest BCUT2D eigenvalue weighted by molar-refractivity contribution is -0.310. The highest BCUT2D eigenvalue weighted by molar-refractivity contribution is 8.26. The molecule has 1 aliphatic rings. The van der Waals surface area contributed by atoms with Crippen molar-refractivity contribution in [3.8, 4) is 0 Å². The largest absolute Gasteiger partial charge is 0.548 e. The Bertz CT molecular complexity index is 667. The Morgan fingerprint density at radius 3 is 2.45 bits per heavy atom. The summed E-state index contributed by atoms with van der Waals surface area (Å²) < 4.78 is 0.205. The molecule has 0 aromatic heterocycles. The zero-order chi connectivity index (χ0) is 16.3. The zero-order valence-electron chi connectivity index (χ0n) is 11.6. The van der Waals surface area contributed by atoms with Crippen LogP contribution in [0.4, 0.5) is 0 Å². The Morgan fingerprint density at radius 1 is 1.36 bits per heavy atom. The van der Waals surface area contributed by atoms with E-state index >= 15 is 0 Å². The van der Waals surface area contributed by atoms with Crippen LogP contribution < -0.4 is 5.11 Å². The third-order valence-corrected chi connectivity index (χ3v) is 4.49. The van der Waals surface area contributed by atoms with Crippen LogP contribution in [0.2, 0.25) is 0 Å². The van der Waals surface area contributed by atoms with E-state index in [4.69, 9.17) is 12.2 Å². The predicted octanol–water partition coefficient (Wildman–Crippen LogP) is 1.23. The number of aldehydes is 1. The molecule has 0 aliphatic carbocycles. The molecule has 1 aromatic rings. The van der Waals surface area contributed by atoms with Crippen LogP contribution >= 0.6 is 24.0 Å². The first kappa shape index (κ1) is 16.4. The van der Waals surface area contributed by atoms with E-state index in [9.17, 15) is 19.5 Å². The van der Waals surface area contributed by atoms with Gasteiger partial charge in [-0.15, -0.1) is 0 Å². The van der Waals surface area contributed by atoms with Crippen molar-refractivity contribution >= 4 is 52.5 Å². The zero-order valence-corrected chi connectivity index (χ0v) is 13.3. The van der Waals surface area contributed by atoms with Gasteiger partial charge in [0.25, 0.3) is 5.91 Å². The maximum Gasteiger partial charge on any atom is 0.266 e. The molecule has 1 saturated heterocycles. The second-order valence-electron chi connectivity index (χ2n) is 4.58. The van der Waals surface area contributed by atoms with Gasteiger partial charge in [0, 0.05) is 5.56 Å². The van der Waals surface area contributed by atoms with Gasteiger partial charge >= 0.3 is 0 Å². The molecule has 0 radical (unpaired) electrons. The topological polar surface area (TPSA) is 77.5 Å². The van der Waals surface area contributed by atoms with Crippen LogP contribution in [0, 0.1) is 0 Å². The minimum absolute atomic E-state index is 0.205. The van der Waals surface area contributed by atoms with Crippen LogP contribution in [0.15, 0.2) is 29.2 Å². The molecule has 0 spiro atoms. The number of thiocarbonyl (C=S) groups is 1. The maximum atomic E-state index is 12.4. The summed E-state index contributed by atoms with van der Waals surface area (Å²) in [6.45, 7) is 1.65. The minimum Gasteiger partial charge on any atom is -0.548 e. The fraction of sp³-hybridized carbons (Fsp3) is 0.200. The van der Waals surface area contributed by atoms with Crippen LogP contribution in [-0.4, -0.2) is 33.4 Å². The fourth-order valence-electron chi connectivity index (χ4n) is 2.03. The number of rotatable bonds is 5. The highest BCUT2D eigenvalue weighted by atomic mass is 32.2. The molecule has 22 heavy (non-hydrogen) atoms. The molecule has 2 rings (SSSR count). The van der Waals surface area contributed by atoms with Crippen LogP contribution in [0.25, 0.3) is 6.08 Å². The van der Waals surface area contributed by atoms with Crippen LogP contribution in [0.3, 0.4) is 0 Å². The molecular weight excluding hydrogens is 322 g/mol. The van der Waals surface area contributed by atoms with Crippen molar-refractivity contribution in [2.24, 2.45) is 0 Å². The average molecular weight is 334 g/mol. The molecule has 1 aliphatic heterocycles. The lowest BCUT2D eigenvalue weighted by Gasteiger charge is -2.26. The summed E-state index contributed by atoms with van der Waals surface area (Å²) in [4.78, 5) is 35.5. The van der Waals surface area contributed by atoms with Gasteiger partial charge in [0.15, 0.2) is 0 Å². The van der Waals surface area contributed by atoms with Gasteiger partial charge in [-0.05, 0) is 18.1 Å². The first-order valence-corrected chi connectivity index (χ1v) is 7.73. The average Bonchev–Trinajstić information content (AvgIpc) is 2.76. The molecular formula is C15H12NO4S2-. The first-order chi connectivity index (χ1) is 10.5. The number of nitrogens with zero attached hydrogens (tertiary/aromatic N) is 1. The van der Waals surface area contributed by atoms with Crippen molar-refractivity contribution in [2.75, 3.05) is 0 Å². The predicted molar refractivity (Wildman–Crippen MR) is 85.9 cm³/mol. The number of hydrogen-bond acceptors (Lipinski definition) is 6. The smallest absolute Gasteiger partial charge is 0.266 e. The molecule has 1 fully saturated rings. The standard InChI is InChI=1S/C15H13NO4S2/c1-2-11(14(19)20)16-13(18)12(22-15(16)21)7-9-3-5-10(8-17)6-4-9/h3-8,11H,2H2,1H3,(H,19,20)/p-1/b12-7-/t11-/m1/s1. The Kier molecular flexibility index (Phi) is 5.10. The van der Waals surface area contributed by atoms with E-state index in [-0.39, 0.29) is 10.7 Å². The summed E-state index contributed by atoms with van der Waals surface area (Å²) in [5, 5.41) is 11.1. The molecule has 0 bridgehead atoms. The molecule has 1 atom stereocenters. The van der Waals surface area contributed by atoms with Crippen molar-refractivity contribution in [2.45, 2.75) is 19.4 Å². The lowest BCUT2D eigenvalue weighted by atomic mass is 10.1. The lowest BCUT2D eigenvalue weighted by Crippen LogP contribution is -2.49. The Balaban J connectivity index is 2.28. The van der Waals surface area contributed by atoms with Gasteiger partial charge in [-0.2, -0.15) is 0 Å². The van der Waals surface area contributed by atoms with Gasteiger partial charge in [0.1, 0.15) is 10.6 Å². The fourth-order valence-corrected chi connectivity index (χ4v) is 3.38. The van der Waals surface area contributed by atoms with E-state index in [2.05, 4.69) is 0 Å². The third kappa shape index (κ3) is 3.26. The second kappa shape index (κ2) is 6.85. The maximum absolute atomic E-state index is 12.4. The van der Waals surface area contributed by atoms with Crippen LogP contribution in [-0.2, 0) is 9.59 Å². The molecule has 5 nitrogen and oxygen atoms in total. The Hall–Kier alpha value is -1.99. The molecule has 114 valence electrons. The molecule has 0 saturated carbocycles. The van der Waals surface area contributed by atoms with Crippen molar-refractivity contribution in [3.63, 3.8) is 0 Å². The molecule has 0 unspecified atom stereocenters. The van der Waals surface area contributed by atoms with Gasteiger partial charge in [-0.1, -0.05) is 55.2 Å². The second-order valence-corrected chi connectivity index (χ2v) is 6.26. The van der Waals surface area contributed by atoms with Gasteiger partial charge in [0.05, 0.1) is 16.9 Å². The van der Waals surface area contributed by atoms with Crippen LogP contribution in [0.1, 0.15) is 29.3 Å². The van der Waals surface area contributed by atoms with Gasteiger partial charge < -0.3 is 9.90 Å². The molecule has 1 amide bonds. The summed E-state index contributed by atoms with van der Waals surface area (Å²) in [5.74, 6) is -1.76. The minimum atomic E-state index is -1.32. The number of thioether (sulfide) groups is 1. The molecule has 1 heterocycles. The van der Waals surface area contributed by atoms with Gasteiger partial charge in [-0.3, -0.25) is 14.5 Å². The number of carbonyl (C=O) groups excluding carboxylic acids is 3. The number of carbonyl (C=O) groups is 3.